The number of aromatic nitrogens is 1. The quantitative estimate of drug-likeness (QED) is 0.640. The average molecular weight is 280 g/mol. The standard InChI is InChI=1S/C16H12N2O3/c1-20-14-5-3-2-4-12(14)15-18-13(16(19)21-15)10-11-6-8-17-9-7-11/h2-10H,1H3/b13-10+. The van der Waals surface area contributed by atoms with Crippen LogP contribution in [0.3, 0.4) is 0 Å². The highest BCUT2D eigenvalue weighted by Crippen LogP contribution is 2.24. The first kappa shape index (κ1) is 13.1. The molecule has 0 fully saturated rings. The van der Waals surface area contributed by atoms with E-state index in [4.69, 9.17) is 9.47 Å². The van der Waals surface area contributed by atoms with Crippen molar-refractivity contribution in [1.82, 2.24) is 4.98 Å². The minimum Gasteiger partial charge on any atom is -0.496 e. The van der Waals surface area contributed by atoms with E-state index >= 15 is 0 Å². The van der Waals surface area contributed by atoms with Gasteiger partial charge in [0.2, 0.25) is 5.90 Å². The SMILES string of the molecule is COc1ccccc1C1=N/C(=C/c2ccncc2)C(=O)O1. The molecule has 0 amide bonds. The molecule has 0 saturated carbocycles. The Morgan fingerprint density at radius 1 is 1.14 bits per heavy atom. The molecule has 0 aliphatic carbocycles. The number of hydrogen-bond acceptors (Lipinski definition) is 5. The molecule has 0 bridgehead atoms. The van der Waals surface area contributed by atoms with Gasteiger partial charge in [0.05, 0.1) is 12.7 Å². The van der Waals surface area contributed by atoms with Crippen LogP contribution in [0.2, 0.25) is 0 Å². The number of aliphatic imine (C=N–C) groups is 1. The molecule has 21 heavy (non-hydrogen) atoms. The predicted octanol–water partition coefficient (Wildman–Crippen LogP) is 2.43. The minimum absolute atomic E-state index is 0.248. The van der Waals surface area contributed by atoms with Crippen LogP contribution in [0.1, 0.15) is 11.1 Å². The van der Waals surface area contributed by atoms with Crippen LogP contribution in [0.4, 0.5) is 0 Å². The number of carbonyl (C=O) groups excluding carboxylic acids is 1. The molecule has 0 saturated heterocycles. The molecule has 2 heterocycles. The van der Waals surface area contributed by atoms with Crippen LogP contribution < -0.4 is 4.74 Å². The lowest BCUT2D eigenvalue weighted by Gasteiger charge is -2.05. The van der Waals surface area contributed by atoms with Crippen LogP contribution in [-0.4, -0.2) is 24.0 Å². The number of nitrogens with zero attached hydrogens (tertiary/aromatic N) is 2. The lowest BCUT2D eigenvalue weighted by atomic mass is 10.2. The number of pyridine rings is 1. The Kier molecular flexibility index (Phi) is 3.47. The van der Waals surface area contributed by atoms with Crippen molar-refractivity contribution in [2.24, 2.45) is 4.99 Å². The summed E-state index contributed by atoms with van der Waals surface area (Å²) in [5.74, 6) is 0.375. The monoisotopic (exact) mass is 280 g/mol. The zero-order valence-corrected chi connectivity index (χ0v) is 11.3. The van der Waals surface area contributed by atoms with Crippen LogP contribution in [0.15, 0.2) is 59.5 Å². The van der Waals surface area contributed by atoms with Gasteiger partial charge in [0, 0.05) is 12.4 Å². The van der Waals surface area contributed by atoms with Gasteiger partial charge in [-0.05, 0) is 35.9 Å². The number of cyclic esters (lactones) is 1. The number of carbonyl (C=O) groups is 1. The van der Waals surface area contributed by atoms with Gasteiger partial charge in [-0.15, -0.1) is 0 Å². The second-order valence-corrected chi connectivity index (χ2v) is 4.32. The van der Waals surface area contributed by atoms with Crippen molar-refractivity contribution in [3.8, 4) is 5.75 Å². The van der Waals surface area contributed by atoms with E-state index in [1.54, 1.807) is 49.8 Å². The third-order valence-electron chi connectivity index (χ3n) is 2.97. The second kappa shape index (κ2) is 5.58. The molecule has 5 heteroatoms. The van der Waals surface area contributed by atoms with E-state index in [1.807, 2.05) is 12.1 Å². The number of hydrogen-bond donors (Lipinski definition) is 0. The maximum Gasteiger partial charge on any atom is 0.363 e. The summed E-state index contributed by atoms with van der Waals surface area (Å²) in [6.07, 6.45) is 4.96. The van der Waals surface area contributed by atoms with E-state index in [0.717, 1.165) is 5.56 Å². The molecule has 0 atom stereocenters. The van der Waals surface area contributed by atoms with E-state index in [-0.39, 0.29) is 11.6 Å². The van der Waals surface area contributed by atoms with E-state index in [2.05, 4.69) is 9.98 Å². The first-order valence-electron chi connectivity index (χ1n) is 6.34. The number of esters is 1. The average Bonchev–Trinajstić information content (AvgIpc) is 2.89. The highest BCUT2D eigenvalue weighted by molar-refractivity contribution is 6.13. The summed E-state index contributed by atoms with van der Waals surface area (Å²) >= 11 is 0. The normalized spacial score (nSPS) is 15.8. The Balaban J connectivity index is 1.98. The van der Waals surface area contributed by atoms with Crippen molar-refractivity contribution >= 4 is 17.9 Å². The molecular formula is C16H12N2O3. The Bertz CT molecular complexity index is 736. The number of rotatable bonds is 3. The third-order valence-corrected chi connectivity index (χ3v) is 2.97. The highest BCUT2D eigenvalue weighted by atomic mass is 16.6. The van der Waals surface area contributed by atoms with Gasteiger partial charge in [0.1, 0.15) is 5.75 Å². The molecule has 2 aromatic rings. The fourth-order valence-corrected chi connectivity index (χ4v) is 1.96. The van der Waals surface area contributed by atoms with Gasteiger partial charge in [0.15, 0.2) is 5.70 Å². The van der Waals surface area contributed by atoms with Crippen molar-refractivity contribution in [2.75, 3.05) is 7.11 Å². The molecule has 0 unspecified atom stereocenters. The summed E-state index contributed by atoms with van der Waals surface area (Å²) in [6, 6.07) is 10.8. The van der Waals surface area contributed by atoms with E-state index < -0.39 is 5.97 Å². The number of methoxy groups -OCH3 is 1. The molecule has 0 radical (unpaired) electrons. The first-order valence-corrected chi connectivity index (χ1v) is 6.34. The van der Waals surface area contributed by atoms with Gasteiger partial charge in [-0.2, -0.15) is 0 Å². The van der Waals surface area contributed by atoms with Crippen LogP contribution in [0.5, 0.6) is 5.75 Å². The highest BCUT2D eigenvalue weighted by Gasteiger charge is 2.25. The molecule has 3 rings (SSSR count). The summed E-state index contributed by atoms with van der Waals surface area (Å²) < 4.78 is 10.5. The Morgan fingerprint density at radius 3 is 2.67 bits per heavy atom. The lowest BCUT2D eigenvalue weighted by molar-refractivity contribution is -0.129. The zero-order valence-electron chi connectivity index (χ0n) is 11.3. The van der Waals surface area contributed by atoms with Crippen molar-refractivity contribution in [3.05, 3.63) is 65.6 Å². The Labute approximate surface area is 121 Å². The van der Waals surface area contributed by atoms with Crippen LogP contribution in [0.25, 0.3) is 6.08 Å². The van der Waals surface area contributed by atoms with Crippen LogP contribution >= 0.6 is 0 Å². The Hall–Kier alpha value is -2.95. The fraction of sp³-hybridized carbons (Fsp3) is 0.0625. The lowest BCUT2D eigenvalue weighted by Crippen LogP contribution is -2.06. The molecule has 5 nitrogen and oxygen atoms in total. The van der Waals surface area contributed by atoms with Gasteiger partial charge < -0.3 is 9.47 Å². The maximum absolute atomic E-state index is 11.9. The molecule has 1 aromatic carbocycles. The van der Waals surface area contributed by atoms with E-state index in [0.29, 0.717) is 11.3 Å². The largest absolute Gasteiger partial charge is 0.496 e. The van der Waals surface area contributed by atoms with Gasteiger partial charge >= 0.3 is 5.97 Å². The second-order valence-electron chi connectivity index (χ2n) is 4.32. The van der Waals surface area contributed by atoms with Crippen molar-refractivity contribution < 1.29 is 14.3 Å². The Morgan fingerprint density at radius 2 is 1.90 bits per heavy atom. The first-order chi connectivity index (χ1) is 10.3. The van der Waals surface area contributed by atoms with Crippen LogP contribution in [0, 0.1) is 0 Å². The summed E-state index contributed by atoms with van der Waals surface area (Å²) in [4.78, 5) is 20.1. The molecule has 1 aliphatic heterocycles. The molecule has 0 N–H and O–H groups in total. The number of para-hydroxylation sites is 1. The topological polar surface area (TPSA) is 60.8 Å². The molecule has 104 valence electrons. The third kappa shape index (κ3) is 2.67. The van der Waals surface area contributed by atoms with Crippen molar-refractivity contribution in [3.63, 3.8) is 0 Å². The summed E-state index contributed by atoms with van der Waals surface area (Å²) in [7, 11) is 1.56. The van der Waals surface area contributed by atoms with Gasteiger partial charge in [0.25, 0.3) is 0 Å². The molecular weight excluding hydrogens is 268 g/mol. The summed E-state index contributed by atoms with van der Waals surface area (Å²) in [5.41, 5.74) is 1.73. The molecule has 1 aromatic heterocycles. The smallest absolute Gasteiger partial charge is 0.363 e. The number of ether oxygens (including phenoxy) is 2. The fourth-order valence-electron chi connectivity index (χ4n) is 1.96. The van der Waals surface area contributed by atoms with Gasteiger partial charge in [-0.3, -0.25) is 4.98 Å². The minimum atomic E-state index is -0.479. The summed E-state index contributed by atoms with van der Waals surface area (Å²) in [6.45, 7) is 0. The number of benzene rings is 1. The zero-order chi connectivity index (χ0) is 14.7. The van der Waals surface area contributed by atoms with Crippen molar-refractivity contribution in [2.45, 2.75) is 0 Å². The van der Waals surface area contributed by atoms with Gasteiger partial charge in [-0.1, -0.05) is 12.1 Å². The van der Waals surface area contributed by atoms with E-state index in [9.17, 15) is 4.79 Å². The molecule has 1 aliphatic rings. The van der Waals surface area contributed by atoms with Crippen molar-refractivity contribution in [1.29, 1.82) is 0 Å². The molecule has 0 spiro atoms. The van der Waals surface area contributed by atoms with Gasteiger partial charge in [-0.25, -0.2) is 9.79 Å². The predicted molar refractivity (Wildman–Crippen MR) is 77.8 cm³/mol. The maximum atomic E-state index is 11.9. The summed E-state index contributed by atoms with van der Waals surface area (Å²) in [5, 5.41) is 0. The van der Waals surface area contributed by atoms with E-state index in [1.165, 1.54) is 0 Å². The van der Waals surface area contributed by atoms with Crippen LogP contribution in [-0.2, 0) is 9.53 Å².